The summed E-state index contributed by atoms with van der Waals surface area (Å²) in [6, 6.07) is 19.6. The van der Waals surface area contributed by atoms with Crippen LogP contribution in [0.5, 0.6) is 0 Å². The average molecular weight is 555 g/mol. The molecule has 0 radical (unpaired) electrons. The third-order valence-electron chi connectivity index (χ3n) is 7.96. The van der Waals surface area contributed by atoms with Crippen LogP contribution in [0.15, 0.2) is 54.6 Å². The maximum Gasteiger partial charge on any atom is 0 e. The van der Waals surface area contributed by atoms with Crippen molar-refractivity contribution in [2.24, 2.45) is 0 Å². The normalized spacial score (nSPS) is 19.2. The van der Waals surface area contributed by atoms with Crippen molar-refractivity contribution in [2.75, 3.05) is 6.16 Å². The van der Waals surface area contributed by atoms with Crippen LogP contribution < -0.4 is 0 Å². The van der Waals surface area contributed by atoms with Crippen molar-refractivity contribution >= 4 is 15.8 Å². The summed E-state index contributed by atoms with van der Waals surface area (Å²) in [5, 5.41) is 0.858. The molecule has 3 heteroatoms. The van der Waals surface area contributed by atoms with Crippen LogP contribution in [-0.2, 0) is 17.1 Å². The SMILES string of the molecule is CC(C)(C)P(CC([c-]1cccc1)P(C1CCCCC1)C1CCCCC1)C(C)(C)C.[Fe].[cH-]1[cH-][cH-][cH-][cH-]1. The molecule has 0 aromatic heterocycles. The fourth-order valence-corrected chi connectivity index (χ4v) is 15.6. The summed E-state index contributed by atoms with van der Waals surface area (Å²) in [5.74, 6) is 0. The Morgan fingerprint density at radius 2 is 1.06 bits per heavy atom. The van der Waals surface area contributed by atoms with E-state index in [1.807, 2.05) is 30.3 Å². The summed E-state index contributed by atoms with van der Waals surface area (Å²) in [5.41, 5.74) is 4.63. The fourth-order valence-electron chi connectivity index (χ4n) is 6.60. The molecule has 0 saturated heterocycles. The molecule has 2 aromatic carbocycles. The predicted octanol–water partition coefficient (Wildman–Crippen LogP) is 11.1. The molecule has 2 saturated carbocycles. The third-order valence-corrected chi connectivity index (χ3v) is 16.1. The molecule has 204 valence electrons. The second-order valence-electron chi connectivity index (χ2n) is 12.7. The Kier molecular flexibility index (Phi) is 13.3. The van der Waals surface area contributed by atoms with E-state index in [0.717, 1.165) is 17.0 Å². The molecule has 35 heavy (non-hydrogen) atoms. The van der Waals surface area contributed by atoms with Crippen molar-refractivity contribution in [3.63, 3.8) is 0 Å². The Hall–Kier alpha value is 0.0795. The fraction of sp³-hybridized carbons (Fsp3) is 0.688. The molecule has 0 N–H and O–H groups in total. The zero-order valence-electron chi connectivity index (χ0n) is 23.5. The average Bonchev–Trinajstić information content (AvgIpc) is 3.53. The van der Waals surface area contributed by atoms with Gasteiger partial charge in [0.1, 0.15) is 0 Å². The number of hydrogen-bond donors (Lipinski definition) is 0. The van der Waals surface area contributed by atoms with Gasteiger partial charge in [-0.05, 0) is 59.1 Å². The smallest absolute Gasteiger partial charge is 0 e. The molecular weight excluding hydrogens is 502 g/mol. The van der Waals surface area contributed by atoms with Crippen LogP contribution in [-0.4, -0.2) is 27.8 Å². The molecule has 0 nitrogen and oxygen atoms in total. The van der Waals surface area contributed by atoms with Gasteiger partial charge in [0.2, 0.25) is 0 Å². The number of rotatable bonds is 6. The topological polar surface area (TPSA) is 0 Å². The summed E-state index contributed by atoms with van der Waals surface area (Å²) < 4.78 is 0. The predicted molar refractivity (Wildman–Crippen MR) is 159 cm³/mol. The van der Waals surface area contributed by atoms with E-state index in [2.05, 4.69) is 65.8 Å². The summed E-state index contributed by atoms with van der Waals surface area (Å²) in [6.07, 6.45) is 16.5. The first-order valence-corrected chi connectivity index (χ1v) is 17.2. The molecule has 0 heterocycles. The zero-order valence-corrected chi connectivity index (χ0v) is 26.3. The molecular formula is C32H52FeP2-6. The van der Waals surface area contributed by atoms with Crippen LogP contribution in [0.4, 0.5) is 0 Å². The third kappa shape index (κ3) is 9.72. The van der Waals surface area contributed by atoms with Crippen LogP contribution in [0.3, 0.4) is 0 Å². The second kappa shape index (κ2) is 14.9. The first-order valence-electron chi connectivity index (χ1n) is 14.1. The summed E-state index contributed by atoms with van der Waals surface area (Å²) in [4.78, 5) is 0. The first-order chi connectivity index (χ1) is 16.2. The molecule has 2 aliphatic rings. The molecule has 1 atom stereocenters. The van der Waals surface area contributed by atoms with Gasteiger partial charge in [-0.25, -0.2) is 12.1 Å². The Labute approximate surface area is 231 Å². The van der Waals surface area contributed by atoms with Crippen LogP contribution in [0, 0.1) is 0 Å². The summed E-state index contributed by atoms with van der Waals surface area (Å²) in [6.45, 7) is 15.1. The van der Waals surface area contributed by atoms with Crippen LogP contribution in [0.2, 0.25) is 0 Å². The Balaban J connectivity index is 0.000000640. The van der Waals surface area contributed by atoms with Crippen LogP contribution >= 0.6 is 15.8 Å². The molecule has 0 spiro atoms. The van der Waals surface area contributed by atoms with Crippen molar-refractivity contribution in [3.8, 4) is 0 Å². The molecule has 0 aliphatic heterocycles. The standard InChI is InChI=1S/C27H47P2.C5H5.Fe/c1-26(2,3)28(27(4,5)6)21-25(22-15-13-14-16-22)29(23-17-9-7-10-18-23)24-19-11-8-12-20-24;1-2-4-5-3-1;/h13-16,23-25H,7-12,17-21H2,1-6H3;1-5H;/q-1;-5;. The van der Waals surface area contributed by atoms with Crippen LogP contribution in [0.25, 0.3) is 0 Å². The number of hydrogen-bond acceptors (Lipinski definition) is 0. The Bertz CT molecular complexity index is 704. The van der Waals surface area contributed by atoms with Crippen molar-refractivity contribution in [1.29, 1.82) is 0 Å². The van der Waals surface area contributed by atoms with Crippen molar-refractivity contribution in [1.82, 2.24) is 0 Å². The molecule has 0 bridgehead atoms. The van der Waals surface area contributed by atoms with E-state index in [4.69, 9.17) is 0 Å². The Morgan fingerprint density at radius 1 is 0.686 bits per heavy atom. The molecule has 2 aromatic rings. The van der Waals surface area contributed by atoms with E-state index >= 15 is 0 Å². The molecule has 4 rings (SSSR count). The van der Waals surface area contributed by atoms with Crippen molar-refractivity contribution in [2.45, 2.75) is 133 Å². The van der Waals surface area contributed by atoms with E-state index in [9.17, 15) is 0 Å². The molecule has 1 unspecified atom stereocenters. The summed E-state index contributed by atoms with van der Waals surface area (Å²) in [7, 11) is 0.0332. The van der Waals surface area contributed by atoms with E-state index in [1.54, 1.807) is 5.56 Å². The van der Waals surface area contributed by atoms with Gasteiger partial charge in [-0.1, -0.05) is 88.0 Å². The monoisotopic (exact) mass is 554 g/mol. The summed E-state index contributed by atoms with van der Waals surface area (Å²) >= 11 is 0. The minimum atomic E-state index is -0.0452. The van der Waals surface area contributed by atoms with Gasteiger partial charge in [0.15, 0.2) is 0 Å². The van der Waals surface area contributed by atoms with Crippen molar-refractivity contribution in [3.05, 3.63) is 60.2 Å². The van der Waals surface area contributed by atoms with Gasteiger partial charge in [-0.3, -0.25) is 0 Å². The quantitative estimate of drug-likeness (QED) is 0.189. The largest absolute Gasteiger partial charge is 0.748 e. The van der Waals surface area contributed by atoms with Gasteiger partial charge in [0.25, 0.3) is 0 Å². The van der Waals surface area contributed by atoms with E-state index in [0.29, 0.717) is 10.3 Å². The van der Waals surface area contributed by atoms with E-state index < -0.39 is 0 Å². The van der Waals surface area contributed by atoms with Gasteiger partial charge in [0, 0.05) is 17.1 Å². The minimum absolute atomic E-state index is 0. The van der Waals surface area contributed by atoms with E-state index in [-0.39, 0.29) is 32.9 Å². The zero-order chi connectivity index (χ0) is 24.6. The Morgan fingerprint density at radius 3 is 1.40 bits per heavy atom. The van der Waals surface area contributed by atoms with Gasteiger partial charge in [-0.15, -0.1) is 13.5 Å². The van der Waals surface area contributed by atoms with Gasteiger partial charge >= 0.3 is 0 Å². The molecule has 0 amide bonds. The maximum absolute atomic E-state index is 2.52. The maximum atomic E-state index is 2.52. The minimum Gasteiger partial charge on any atom is -0.748 e. The molecule has 2 aliphatic carbocycles. The van der Waals surface area contributed by atoms with E-state index in [1.165, 1.54) is 70.4 Å². The second-order valence-corrected chi connectivity index (χ2v) is 19.6. The van der Waals surface area contributed by atoms with Crippen molar-refractivity contribution < 1.29 is 17.1 Å². The van der Waals surface area contributed by atoms with Gasteiger partial charge in [0.05, 0.1) is 0 Å². The first kappa shape index (κ1) is 31.3. The van der Waals surface area contributed by atoms with Gasteiger partial charge < -0.3 is 30.3 Å². The molecule has 2 fully saturated rings. The van der Waals surface area contributed by atoms with Crippen LogP contribution in [0.1, 0.15) is 117 Å². The van der Waals surface area contributed by atoms with Gasteiger partial charge in [-0.2, -0.15) is 12.1 Å².